The molecule has 1 rings (SSSR count). The molecule has 0 unspecified atom stereocenters. The number of nitrogens with zero attached hydrogens (tertiary/aromatic N) is 2. The first-order valence-electron chi connectivity index (χ1n) is 6.71. The highest BCUT2D eigenvalue weighted by molar-refractivity contribution is 4.77. The molecule has 0 saturated carbocycles. The average Bonchev–Trinajstić information content (AvgIpc) is 2.16. The Bertz CT molecular complexity index is 184. The molecular weight excluding hydrogens is 198 g/mol. The van der Waals surface area contributed by atoms with E-state index in [4.69, 9.17) is 5.73 Å². The molecule has 16 heavy (non-hydrogen) atoms. The summed E-state index contributed by atoms with van der Waals surface area (Å²) in [5.41, 5.74) is 6.14. The minimum Gasteiger partial charge on any atom is -0.327 e. The number of piperazine rings is 1. The molecule has 0 radical (unpaired) electrons. The summed E-state index contributed by atoms with van der Waals surface area (Å²) in [4.78, 5) is 5.07. The number of nitrogens with two attached hydrogens (primary N) is 1. The zero-order valence-corrected chi connectivity index (χ0v) is 11.4. The van der Waals surface area contributed by atoms with E-state index in [1.807, 2.05) is 0 Å². The standard InChI is InChI=1S/C13H29N3/c1-11(2)9-13(14)10-15-5-7-16(8-6-15)12(3)4/h11-13H,5-10,14H2,1-4H3/t13-/m0/s1. The van der Waals surface area contributed by atoms with Gasteiger partial charge in [0.2, 0.25) is 0 Å². The molecule has 0 aromatic rings. The third kappa shape index (κ3) is 4.81. The van der Waals surface area contributed by atoms with Crippen molar-refractivity contribution in [2.24, 2.45) is 11.7 Å². The predicted octanol–water partition coefficient (Wildman–Crippen LogP) is 1.39. The van der Waals surface area contributed by atoms with Gasteiger partial charge in [0, 0.05) is 44.8 Å². The van der Waals surface area contributed by atoms with Gasteiger partial charge < -0.3 is 5.73 Å². The van der Waals surface area contributed by atoms with E-state index in [0.29, 0.717) is 18.0 Å². The maximum absolute atomic E-state index is 6.14. The van der Waals surface area contributed by atoms with Crippen LogP contribution in [0.15, 0.2) is 0 Å². The Morgan fingerprint density at radius 2 is 1.56 bits per heavy atom. The summed E-state index contributed by atoms with van der Waals surface area (Å²) in [5.74, 6) is 0.715. The summed E-state index contributed by atoms with van der Waals surface area (Å²) in [6.07, 6.45) is 1.14. The lowest BCUT2D eigenvalue weighted by Crippen LogP contribution is -2.51. The lowest BCUT2D eigenvalue weighted by atomic mass is 10.0. The molecule has 96 valence electrons. The van der Waals surface area contributed by atoms with Gasteiger partial charge in [-0.1, -0.05) is 13.8 Å². The Hall–Kier alpha value is -0.120. The molecule has 3 nitrogen and oxygen atoms in total. The Balaban J connectivity index is 2.21. The number of hydrogen-bond donors (Lipinski definition) is 1. The van der Waals surface area contributed by atoms with Gasteiger partial charge in [-0.05, 0) is 26.2 Å². The van der Waals surface area contributed by atoms with Crippen LogP contribution in [0.1, 0.15) is 34.1 Å². The molecular formula is C13H29N3. The fourth-order valence-corrected chi connectivity index (χ4v) is 2.47. The van der Waals surface area contributed by atoms with E-state index in [1.54, 1.807) is 0 Å². The lowest BCUT2D eigenvalue weighted by molar-refractivity contribution is 0.103. The first-order chi connectivity index (χ1) is 7.49. The molecule has 0 aromatic carbocycles. The van der Waals surface area contributed by atoms with Crippen molar-refractivity contribution in [2.75, 3.05) is 32.7 Å². The van der Waals surface area contributed by atoms with E-state index in [1.165, 1.54) is 26.2 Å². The average molecular weight is 227 g/mol. The van der Waals surface area contributed by atoms with E-state index >= 15 is 0 Å². The van der Waals surface area contributed by atoms with Crippen molar-refractivity contribution in [3.63, 3.8) is 0 Å². The third-order valence-corrected chi connectivity index (χ3v) is 3.40. The van der Waals surface area contributed by atoms with Crippen LogP contribution in [0.2, 0.25) is 0 Å². The van der Waals surface area contributed by atoms with Crippen LogP contribution in [-0.4, -0.2) is 54.6 Å². The van der Waals surface area contributed by atoms with Gasteiger partial charge in [-0.2, -0.15) is 0 Å². The Kier molecular flexibility index (Phi) is 5.73. The van der Waals surface area contributed by atoms with Gasteiger partial charge in [0.25, 0.3) is 0 Å². The molecule has 1 aliphatic heterocycles. The second-order valence-corrected chi connectivity index (χ2v) is 5.82. The highest BCUT2D eigenvalue weighted by Gasteiger charge is 2.20. The van der Waals surface area contributed by atoms with Gasteiger partial charge in [0.05, 0.1) is 0 Å². The number of hydrogen-bond acceptors (Lipinski definition) is 3. The van der Waals surface area contributed by atoms with E-state index in [-0.39, 0.29) is 0 Å². The summed E-state index contributed by atoms with van der Waals surface area (Å²) < 4.78 is 0. The van der Waals surface area contributed by atoms with Crippen LogP contribution in [0, 0.1) is 5.92 Å². The predicted molar refractivity (Wildman–Crippen MR) is 70.6 cm³/mol. The van der Waals surface area contributed by atoms with E-state index in [9.17, 15) is 0 Å². The van der Waals surface area contributed by atoms with E-state index in [0.717, 1.165) is 13.0 Å². The molecule has 0 bridgehead atoms. The first-order valence-corrected chi connectivity index (χ1v) is 6.71. The molecule has 2 N–H and O–H groups in total. The quantitative estimate of drug-likeness (QED) is 0.770. The Labute approximate surface area is 101 Å². The SMILES string of the molecule is CC(C)C[C@H](N)CN1CCN(C(C)C)CC1. The zero-order valence-electron chi connectivity index (χ0n) is 11.4. The summed E-state index contributed by atoms with van der Waals surface area (Å²) in [6.45, 7) is 14.9. The van der Waals surface area contributed by atoms with Crippen molar-refractivity contribution >= 4 is 0 Å². The van der Waals surface area contributed by atoms with Gasteiger partial charge in [0.1, 0.15) is 0 Å². The van der Waals surface area contributed by atoms with Crippen molar-refractivity contribution in [3.8, 4) is 0 Å². The fourth-order valence-electron chi connectivity index (χ4n) is 2.47. The minimum atomic E-state index is 0.352. The van der Waals surface area contributed by atoms with Crippen molar-refractivity contribution < 1.29 is 0 Å². The van der Waals surface area contributed by atoms with Crippen LogP contribution >= 0.6 is 0 Å². The smallest absolute Gasteiger partial charge is 0.0170 e. The van der Waals surface area contributed by atoms with Gasteiger partial charge in [-0.15, -0.1) is 0 Å². The van der Waals surface area contributed by atoms with Crippen molar-refractivity contribution in [1.29, 1.82) is 0 Å². The summed E-state index contributed by atoms with van der Waals surface area (Å²) in [7, 11) is 0. The monoisotopic (exact) mass is 227 g/mol. The molecule has 1 aliphatic rings. The highest BCUT2D eigenvalue weighted by atomic mass is 15.3. The molecule has 1 heterocycles. The largest absolute Gasteiger partial charge is 0.327 e. The lowest BCUT2D eigenvalue weighted by Gasteiger charge is -2.38. The Morgan fingerprint density at radius 1 is 1.00 bits per heavy atom. The maximum Gasteiger partial charge on any atom is 0.0170 e. The molecule has 0 aliphatic carbocycles. The van der Waals surface area contributed by atoms with Crippen molar-refractivity contribution in [1.82, 2.24) is 9.80 Å². The van der Waals surface area contributed by atoms with Crippen molar-refractivity contribution in [3.05, 3.63) is 0 Å². The topological polar surface area (TPSA) is 32.5 Å². The molecule has 0 spiro atoms. The van der Waals surface area contributed by atoms with E-state index in [2.05, 4.69) is 37.5 Å². The van der Waals surface area contributed by atoms with Crippen LogP contribution < -0.4 is 5.73 Å². The van der Waals surface area contributed by atoms with Crippen LogP contribution in [-0.2, 0) is 0 Å². The summed E-state index contributed by atoms with van der Waals surface area (Å²) in [5, 5.41) is 0. The number of rotatable bonds is 5. The zero-order chi connectivity index (χ0) is 12.1. The van der Waals surface area contributed by atoms with Crippen LogP contribution in [0.5, 0.6) is 0 Å². The molecule has 1 saturated heterocycles. The second kappa shape index (κ2) is 6.58. The van der Waals surface area contributed by atoms with Gasteiger partial charge in [-0.3, -0.25) is 9.80 Å². The highest BCUT2D eigenvalue weighted by Crippen LogP contribution is 2.08. The van der Waals surface area contributed by atoms with Gasteiger partial charge >= 0.3 is 0 Å². The fraction of sp³-hybridized carbons (Fsp3) is 1.00. The molecule has 1 fully saturated rings. The third-order valence-electron chi connectivity index (χ3n) is 3.40. The van der Waals surface area contributed by atoms with Crippen LogP contribution in [0.25, 0.3) is 0 Å². The van der Waals surface area contributed by atoms with Crippen molar-refractivity contribution in [2.45, 2.75) is 46.2 Å². The molecule has 3 heteroatoms. The normalized spacial score (nSPS) is 21.9. The van der Waals surface area contributed by atoms with Crippen LogP contribution in [0.3, 0.4) is 0 Å². The maximum atomic E-state index is 6.14. The molecule has 0 amide bonds. The van der Waals surface area contributed by atoms with E-state index < -0.39 is 0 Å². The van der Waals surface area contributed by atoms with Crippen LogP contribution in [0.4, 0.5) is 0 Å². The summed E-state index contributed by atoms with van der Waals surface area (Å²) in [6, 6.07) is 1.04. The first kappa shape index (κ1) is 13.9. The second-order valence-electron chi connectivity index (χ2n) is 5.82. The minimum absolute atomic E-state index is 0.352. The molecule has 0 aromatic heterocycles. The molecule has 1 atom stereocenters. The van der Waals surface area contributed by atoms with Gasteiger partial charge in [-0.25, -0.2) is 0 Å². The van der Waals surface area contributed by atoms with Gasteiger partial charge in [0.15, 0.2) is 0 Å². The Morgan fingerprint density at radius 3 is 2.00 bits per heavy atom. The summed E-state index contributed by atoms with van der Waals surface area (Å²) >= 11 is 0.